The van der Waals surface area contributed by atoms with E-state index in [0.717, 1.165) is 0 Å². The van der Waals surface area contributed by atoms with Crippen LogP contribution in [-0.2, 0) is 42.9 Å². The quantitative estimate of drug-likeness (QED) is 0.163. The molecular formula is C22H39N3O10. The van der Waals surface area contributed by atoms with Crippen molar-refractivity contribution in [3.8, 4) is 0 Å². The number of ether oxygens (including phenoxy) is 4. The van der Waals surface area contributed by atoms with E-state index in [1.165, 1.54) is 9.80 Å². The van der Waals surface area contributed by atoms with Crippen LogP contribution in [0.1, 0.15) is 27.7 Å². The fraction of sp³-hybridized carbons (Fsp3) is 0.773. The SMILES string of the molecule is CCOC(=O)CN(CCN(CCN(CC(=O)OCC)CC(=O)OCC)CC(=O)O)CC(=O)OCC. The van der Waals surface area contributed by atoms with Crippen LogP contribution in [0.15, 0.2) is 0 Å². The van der Waals surface area contributed by atoms with Gasteiger partial charge in [0.15, 0.2) is 0 Å². The van der Waals surface area contributed by atoms with Gasteiger partial charge in [-0.15, -0.1) is 0 Å². The topological polar surface area (TPSA) is 152 Å². The Morgan fingerprint density at radius 1 is 0.486 bits per heavy atom. The van der Waals surface area contributed by atoms with Gasteiger partial charge >= 0.3 is 29.8 Å². The van der Waals surface area contributed by atoms with Crippen LogP contribution in [0.3, 0.4) is 0 Å². The molecular weight excluding hydrogens is 466 g/mol. The fourth-order valence-corrected chi connectivity index (χ4v) is 3.01. The van der Waals surface area contributed by atoms with Crippen molar-refractivity contribution < 1.29 is 48.0 Å². The number of carbonyl (C=O) groups excluding carboxylic acids is 4. The highest BCUT2D eigenvalue weighted by Crippen LogP contribution is 2.00. The number of carbonyl (C=O) groups is 5. The predicted molar refractivity (Wildman–Crippen MR) is 123 cm³/mol. The molecule has 13 nitrogen and oxygen atoms in total. The van der Waals surface area contributed by atoms with Gasteiger partial charge in [-0.2, -0.15) is 0 Å². The van der Waals surface area contributed by atoms with E-state index in [1.54, 1.807) is 32.6 Å². The van der Waals surface area contributed by atoms with E-state index >= 15 is 0 Å². The Bertz CT molecular complexity index is 586. The molecule has 1 N–H and O–H groups in total. The molecule has 0 saturated heterocycles. The molecule has 0 bridgehead atoms. The lowest BCUT2D eigenvalue weighted by molar-refractivity contribution is -0.149. The van der Waals surface area contributed by atoms with Gasteiger partial charge in [0.25, 0.3) is 0 Å². The molecule has 35 heavy (non-hydrogen) atoms. The number of carboxylic acid groups (broad SMARTS) is 1. The minimum atomic E-state index is -1.07. The summed E-state index contributed by atoms with van der Waals surface area (Å²) in [7, 11) is 0. The maximum atomic E-state index is 11.9. The van der Waals surface area contributed by atoms with Crippen LogP contribution in [0, 0.1) is 0 Å². The van der Waals surface area contributed by atoms with Crippen LogP contribution >= 0.6 is 0 Å². The molecule has 0 saturated carbocycles. The molecule has 0 aromatic carbocycles. The Hall–Kier alpha value is -2.77. The second-order valence-corrected chi connectivity index (χ2v) is 7.31. The first-order valence-electron chi connectivity index (χ1n) is 11.7. The highest BCUT2D eigenvalue weighted by molar-refractivity contribution is 5.75. The summed E-state index contributed by atoms with van der Waals surface area (Å²) in [6.45, 7) is 7.20. The number of aliphatic carboxylic acids is 1. The normalized spacial score (nSPS) is 10.9. The first-order chi connectivity index (χ1) is 16.6. The molecule has 13 heteroatoms. The Balaban J connectivity index is 5.22. The summed E-state index contributed by atoms with van der Waals surface area (Å²) < 4.78 is 19.8. The Morgan fingerprint density at radius 3 is 0.971 bits per heavy atom. The van der Waals surface area contributed by atoms with E-state index in [4.69, 9.17) is 18.9 Å². The fourth-order valence-electron chi connectivity index (χ4n) is 3.01. The van der Waals surface area contributed by atoms with Crippen molar-refractivity contribution >= 4 is 29.8 Å². The number of hydrogen-bond acceptors (Lipinski definition) is 12. The van der Waals surface area contributed by atoms with Crippen LogP contribution in [0.5, 0.6) is 0 Å². The molecule has 0 aliphatic carbocycles. The lowest BCUT2D eigenvalue weighted by Crippen LogP contribution is -2.46. The molecule has 0 spiro atoms. The second kappa shape index (κ2) is 19.5. The molecule has 0 fully saturated rings. The third kappa shape index (κ3) is 17.3. The summed E-state index contributed by atoms with van der Waals surface area (Å²) in [5.41, 5.74) is 0. The molecule has 0 radical (unpaired) electrons. The average molecular weight is 506 g/mol. The predicted octanol–water partition coefficient (Wildman–Crippen LogP) is -0.771. The van der Waals surface area contributed by atoms with Crippen molar-refractivity contribution in [3.05, 3.63) is 0 Å². The molecule has 0 aromatic heterocycles. The summed E-state index contributed by atoms with van der Waals surface area (Å²) in [6, 6.07) is 0. The van der Waals surface area contributed by atoms with E-state index in [-0.39, 0.29) is 85.3 Å². The summed E-state index contributed by atoms with van der Waals surface area (Å²) in [5, 5.41) is 9.31. The van der Waals surface area contributed by atoms with Crippen molar-refractivity contribution in [1.29, 1.82) is 0 Å². The number of nitrogens with zero attached hydrogens (tertiary/aromatic N) is 3. The molecule has 0 aliphatic heterocycles. The molecule has 202 valence electrons. The molecule has 0 unspecified atom stereocenters. The first-order valence-corrected chi connectivity index (χ1v) is 11.7. The van der Waals surface area contributed by atoms with Crippen LogP contribution in [0.25, 0.3) is 0 Å². The molecule has 0 aliphatic rings. The van der Waals surface area contributed by atoms with E-state index in [2.05, 4.69) is 0 Å². The zero-order chi connectivity index (χ0) is 26.6. The van der Waals surface area contributed by atoms with Gasteiger partial charge in [0, 0.05) is 26.2 Å². The lowest BCUT2D eigenvalue weighted by atomic mass is 10.3. The molecule has 0 aromatic rings. The summed E-state index contributed by atoms with van der Waals surface area (Å²) in [5.74, 6) is -3.14. The smallest absolute Gasteiger partial charge is 0.320 e. The van der Waals surface area contributed by atoms with Crippen molar-refractivity contribution in [3.63, 3.8) is 0 Å². The summed E-state index contributed by atoms with van der Waals surface area (Å²) in [4.78, 5) is 63.7. The zero-order valence-corrected chi connectivity index (χ0v) is 21.2. The number of carboxylic acids is 1. The van der Waals surface area contributed by atoms with Crippen molar-refractivity contribution in [1.82, 2.24) is 14.7 Å². The standard InChI is InChI=1S/C22H39N3O10/c1-5-32-19(28)14-24(15-20(29)33-6-2)11-9-23(13-18(26)27)10-12-25(16-21(30)34-7-3)17-22(31)35-8-4/h5-17H2,1-4H3,(H,26,27). The molecule has 0 rings (SSSR count). The van der Waals surface area contributed by atoms with Crippen molar-refractivity contribution in [2.24, 2.45) is 0 Å². The van der Waals surface area contributed by atoms with E-state index in [0.29, 0.717) is 0 Å². The van der Waals surface area contributed by atoms with E-state index in [1.807, 2.05) is 0 Å². The zero-order valence-electron chi connectivity index (χ0n) is 21.2. The maximum Gasteiger partial charge on any atom is 0.320 e. The second-order valence-electron chi connectivity index (χ2n) is 7.31. The Morgan fingerprint density at radius 2 is 0.743 bits per heavy atom. The van der Waals surface area contributed by atoms with Gasteiger partial charge in [-0.3, -0.25) is 38.7 Å². The number of rotatable bonds is 20. The minimum absolute atomic E-state index is 0.161. The third-order valence-corrected chi connectivity index (χ3v) is 4.46. The number of esters is 4. The van der Waals surface area contributed by atoms with Crippen LogP contribution in [-0.4, -0.2) is 135 Å². The van der Waals surface area contributed by atoms with Crippen molar-refractivity contribution in [2.45, 2.75) is 27.7 Å². The maximum absolute atomic E-state index is 11.9. The molecule has 0 amide bonds. The largest absolute Gasteiger partial charge is 0.480 e. The van der Waals surface area contributed by atoms with Crippen LogP contribution in [0.2, 0.25) is 0 Å². The first kappa shape index (κ1) is 32.2. The van der Waals surface area contributed by atoms with Crippen LogP contribution < -0.4 is 0 Å². The Labute approximate surface area is 206 Å². The van der Waals surface area contributed by atoms with Gasteiger partial charge < -0.3 is 24.1 Å². The summed E-state index contributed by atoms with van der Waals surface area (Å²) >= 11 is 0. The van der Waals surface area contributed by atoms with Gasteiger partial charge in [0.05, 0.1) is 59.2 Å². The van der Waals surface area contributed by atoms with Gasteiger partial charge in [-0.1, -0.05) is 0 Å². The minimum Gasteiger partial charge on any atom is -0.480 e. The molecule has 0 heterocycles. The van der Waals surface area contributed by atoms with Crippen LogP contribution in [0.4, 0.5) is 0 Å². The van der Waals surface area contributed by atoms with Gasteiger partial charge in [0.2, 0.25) is 0 Å². The van der Waals surface area contributed by atoms with Gasteiger partial charge in [-0.25, -0.2) is 0 Å². The monoisotopic (exact) mass is 505 g/mol. The highest BCUT2D eigenvalue weighted by atomic mass is 16.5. The van der Waals surface area contributed by atoms with Crippen molar-refractivity contribution in [2.75, 3.05) is 85.3 Å². The third-order valence-electron chi connectivity index (χ3n) is 4.46. The highest BCUT2D eigenvalue weighted by Gasteiger charge is 2.21. The average Bonchev–Trinajstić information content (AvgIpc) is 2.75. The van der Waals surface area contributed by atoms with Gasteiger partial charge in [-0.05, 0) is 27.7 Å². The number of hydrogen-bond donors (Lipinski definition) is 1. The Kier molecular flexibility index (Phi) is 18.0. The summed E-state index contributed by atoms with van der Waals surface area (Å²) in [6.07, 6.45) is 0. The van der Waals surface area contributed by atoms with E-state index < -0.39 is 29.8 Å². The van der Waals surface area contributed by atoms with Gasteiger partial charge in [0.1, 0.15) is 0 Å². The van der Waals surface area contributed by atoms with E-state index in [9.17, 15) is 29.1 Å². The lowest BCUT2D eigenvalue weighted by Gasteiger charge is -2.28. The molecule has 0 atom stereocenters.